The first-order chi connectivity index (χ1) is 12.3. The Labute approximate surface area is 148 Å². The smallest absolute Gasteiger partial charge is 0.129 e. The van der Waals surface area contributed by atoms with Gasteiger partial charge in [0, 0.05) is 24.2 Å². The predicted molar refractivity (Wildman–Crippen MR) is 103 cm³/mol. The Bertz CT molecular complexity index is 838. The van der Waals surface area contributed by atoms with E-state index in [1.165, 1.54) is 16.7 Å². The van der Waals surface area contributed by atoms with E-state index in [4.69, 9.17) is 9.72 Å². The van der Waals surface area contributed by atoms with Crippen LogP contribution < -0.4 is 4.90 Å². The highest BCUT2D eigenvalue weighted by Gasteiger charge is 2.16. The summed E-state index contributed by atoms with van der Waals surface area (Å²) in [6.45, 7) is 5.43. The van der Waals surface area contributed by atoms with Gasteiger partial charge in [-0.25, -0.2) is 4.98 Å². The second kappa shape index (κ2) is 7.08. The Morgan fingerprint density at radius 2 is 1.52 bits per heavy atom. The van der Waals surface area contributed by atoms with Crippen LogP contribution in [0.15, 0.2) is 66.7 Å². The molecule has 0 aliphatic carbocycles. The van der Waals surface area contributed by atoms with Gasteiger partial charge >= 0.3 is 0 Å². The number of benzene rings is 2. The highest BCUT2D eigenvalue weighted by molar-refractivity contribution is 5.82. The summed E-state index contributed by atoms with van der Waals surface area (Å²) in [5.41, 5.74) is 5.82. The third kappa shape index (κ3) is 3.42. The van der Waals surface area contributed by atoms with Crippen molar-refractivity contribution in [2.24, 2.45) is 0 Å². The fourth-order valence-corrected chi connectivity index (χ4v) is 3.20. The first-order valence-corrected chi connectivity index (χ1v) is 8.77. The molecule has 1 fully saturated rings. The van der Waals surface area contributed by atoms with Gasteiger partial charge in [-0.1, -0.05) is 60.2 Å². The lowest BCUT2D eigenvalue weighted by Crippen LogP contribution is -2.36. The lowest BCUT2D eigenvalue weighted by molar-refractivity contribution is 0.122. The van der Waals surface area contributed by atoms with Crippen LogP contribution in [0.1, 0.15) is 5.56 Å². The molecule has 0 radical (unpaired) electrons. The maximum absolute atomic E-state index is 5.47. The number of anilines is 1. The van der Waals surface area contributed by atoms with Crippen molar-refractivity contribution in [3.8, 4) is 22.4 Å². The molecule has 0 amide bonds. The van der Waals surface area contributed by atoms with E-state index >= 15 is 0 Å². The molecule has 0 unspecified atom stereocenters. The lowest BCUT2D eigenvalue weighted by atomic mass is 9.98. The van der Waals surface area contributed by atoms with Crippen LogP contribution in [0.2, 0.25) is 0 Å². The molecule has 0 spiro atoms. The van der Waals surface area contributed by atoms with Crippen molar-refractivity contribution in [1.82, 2.24) is 4.98 Å². The van der Waals surface area contributed by atoms with Gasteiger partial charge in [-0.05, 0) is 24.6 Å². The molecule has 126 valence electrons. The Kier molecular flexibility index (Phi) is 4.49. The van der Waals surface area contributed by atoms with Gasteiger partial charge in [0.05, 0.1) is 18.9 Å². The summed E-state index contributed by atoms with van der Waals surface area (Å²) < 4.78 is 5.47. The molecule has 1 saturated heterocycles. The minimum absolute atomic E-state index is 0.766. The molecule has 0 saturated carbocycles. The standard InChI is InChI=1S/C22H22N2O/c1-17-7-9-18(10-8-17)20-11-12-21(24-13-15-25-16-14-24)23-22(20)19-5-3-2-4-6-19/h2-12H,13-16H2,1H3. The van der Waals surface area contributed by atoms with Gasteiger partial charge in [-0.3, -0.25) is 0 Å². The van der Waals surface area contributed by atoms with Crippen molar-refractivity contribution in [3.63, 3.8) is 0 Å². The third-order valence-corrected chi connectivity index (χ3v) is 4.63. The average Bonchev–Trinajstić information content (AvgIpc) is 2.70. The molecular weight excluding hydrogens is 308 g/mol. The number of morpholine rings is 1. The van der Waals surface area contributed by atoms with E-state index in [-0.39, 0.29) is 0 Å². The number of pyridine rings is 1. The van der Waals surface area contributed by atoms with Crippen LogP contribution in [0.25, 0.3) is 22.4 Å². The van der Waals surface area contributed by atoms with E-state index < -0.39 is 0 Å². The number of rotatable bonds is 3. The Balaban J connectivity index is 1.81. The summed E-state index contributed by atoms with van der Waals surface area (Å²) in [6, 6.07) is 23.4. The second-order valence-electron chi connectivity index (χ2n) is 6.40. The quantitative estimate of drug-likeness (QED) is 0.704. The van der Waals surface area contributed by atoms with Crippen molar-refractivity contribution in [1.29, 1.82) is 0 Å². The van der Waals surface area contributed by atoms with Crippen LogP contribution in [0.3, 0.4) is 0 Å². The highest BCUT2D eigenvalue weighted by Crippen LogP contribution is 2.32. The van der Waals surface area contributed by atoms with Crippen LogP contribution in [0, 0.1) is 6.92 Å². The molecule has 1 aromatic heterocycles. The van der Waals surface area contributed by atoms with E-state index in [0.29, 0.717) is 0 Å². The topological polar surface area (TPSA) is 25.4 Å². The molecule has 4 rings (SSSR count). The van der Waals surface area contributed by atoms with Gasteiger partial charge in [0.2, 0.25) is 0 Å². The predicted octanol–water partition coefficient (Wildman–Crippen LogP) is 4.56. The molecule has 3 aromatic rings. The van der Waals surface area contributed by atoms with Crippen molar-refractivity contribution >= 4 is 5.82 Å². The molecule has 0 bridgehead atoms. The Hall–Kier alpha value is -2.65. The molecular formula is C22H22N2O. The van der Waals surface area contributed by atoms with Gasteiger partial charge in [0.25, 0.3) is 0 Å². The fourth-order valence-electron chi connectivity index (χ4n) is 3.20. The van der Waals surface area contributed by atoms with Crippen LogP contribution >= 0.6 is 0 Å². The van der Waals surface area contributed by atoms with E-state index in [9.17, 15) is 0 Å². The first kappa shape index (κ1) is 15.9. The maximum Gasteiger partial charge on any atom is 0.129 e. The van der Waals surface area contributed by atoms with Crippen molar-refractivity contribution in [2.75, 3.05) is 31.2 Å². The minimum Gasteiger partial charge on any atom is -0.378 e. The molecule has 0 atom stereocenters. The molecule has 1 aliphatic rings. The van der Waals surface area contributed by atoms with Crippen LogP contribution in [-0.2, 0) is 4.74 Å². The summed E-state index contributed by atoms with van der Waals surface area (Å²) in [5, 5.41) is 0. The highest BCUT2D eigenvalue weighted by atomic mass is 16.5. The summed E-state index contributed by atoms with van der Waals surface area (Å²) in [5.74, 6) is 1.03. The number of aryl methyl sites for hydroxylation is 1. The summed E-state index contributed by atoms with van der Waals surface area (Å²) in [6.07, 6.45) is 0. The zero-order valence-electron chi connectivity index (χ0n) is 14.5. The first-order valence-electron chi connectivity index (χ1n) is 8.77. The van der Waals surface area contributed by atoms with Crippen molar-refractivity contribution in [2.45, 2.75) is 6.92 Å². The molecule has 3 heteroatoms. The fraction of sp³-hybridized carbons (Fsp3) is 0.227. The molecule has 3 nitrogen and oxygen atoms in total. The number of hydrogen-bond acceptors (Lipinski definition) is 3. The van der Waals surface area contributed by atoms with Crippen LogP contribution in [0.5, 0.6) is 0 Å². The van der Waals surface area contributed by atoms with E-state index in [0.717, 1.165) is 43.4 Å². The van der Waals surface area contributed by atoms with E-state index in [1.807, 2.05) is 6.07 Å². The van der Waals surface area contributed by atoms with Crippen molar-refractivity contribution in [3.05, 3.63) is 72.3 Å². The number of hydrogen-bond donors (Lipinski definition) is 0. The summed E-state index contributed by atoms with van der Waals surface area (Å²) in [7, 11) is 0. The second-order valence-corrected chi connectivity index (χ2v) is 6.40. The third-order valence-electron chi connectivity index (χ3n) is 4.63. The van der Waals surface area contributed by atoms with Crippen molar-refractivity contribution < 1.29 is 4.74 Å². The monoisotopic (exact) mass is 330 g/mol. The minimum atomic E-state index is 0.766. The molecule has 25 heavy (non-hydrogen) atoms. The van der Waals surface area contributed by atoms with Gasteiger partial charge < -0.3 is 9.64 Å². The normalized spacial score (nSPS) is 14.5. The lowest BCUT2D eigenvalue weighted by Gasteiger charge is -2.28. The molecule has 2 heterocycles. The van der Waals surface area contributed by atoms with Crippen LogP contribution in [0.4, 0.5) is 5.82 Å². The average molecular weight is 330 g/mol. The Morgan fingerprint density at radius 3 is 2.24 bits per heavy atom. The number of ether oxygens (including phenoxy) is 1. The SMILES string of the molecule is Cc1ccc(-c2ccc(N3CCOCC3)nc2-c2ccccc2)cc1. The Morgan fingerprint density at radius 1 is 0.800 bits per heavy atom. The molecule has 0 N–H and O–H groups in total. The molecule has 1 aliphatic heterocycles. The number of aromatic nitrogens is 1. The maximum atomic E-state index is 5.47. The molecule has 2 aromatic carbocycles. The van der Waals surface area contributed by atoms with Gasteiger partial charge in [-0.2, -0.15) is 0 Å². The summed E-state index contributed by atoms with van der Waals surface area (Å²) in [4.78, 5) is 7.34. The van der Waals surface area contributed by atoms with E-state index in [2.05, 4.69) is 72.5 Å². The van der Waals surface area contributed by atoms with Gasteiger partial charge in [0.1, 0.15) is 5.82 Å². The number of nitrogens with zero attached hydrogens (tertiary/aromatic N) is 2. The summed E-state index contributed by atoms with van der Waals surface area (Å²) >= 11 is 0. The van der Waals surface area contributed by atoms with Gasteiger partial charge in [-0.15, -0.1) is 0 Å². The zero-order chi connectivity index (χ0) is 17.1. The zero-order valence-corrected chi connectivity index (χ0v) is 14.5. The largest absolute Gasteiger partial charge is 0.378 e. The van der Waals surface area contributed by atoms with Crippen LogP contribution in [-0.4, -0.2) is 31.3 Å². The van der Waals surface area contributed by atoms with E-state index in [1.54, 1.807) is 0 Å². The van der Waals surface area contributed by atoms with Gasteiger partial charge in [0.15, 0.2) is 0 Å².